The Balaban J connectivity index is 1.49. The Morgan fingerprint density at radius 2 is 1.92 bits per heavy atom. The Kier molecular flexibility index (Phi) is 7.89. The molecule has 0 atom stereocenters. The highest BCUT2D eigenvalue weighted by atomic mass is 16.4. The summed E-state index contributed by atoms with van der Waals surface area (Å²) in [5.41, 5.74) is 3.09. The molecule has 1 saturated heterocycles. The van der Waals surface area contributed by atoms with Gasteiger partial charge in [0.2, 0.25) is 0 Å². The predicted molar refractivity (Wildman–Crippen MR) is 150 cm³/mol. The van der Waals surface area contributed by atoms with Gasteiger partial charge in [-0.3, -0.25) is 9.48 Å². The van der Waals surface area contributed by atoms with E-state index in [1.165, 1.54) is 0 Å². The fraction of sp³-hybridized carbons (Fsp3) is 0.500. The molecular weight excluding hydrogens is 496 g/mol. The van der Waals surface area contributed by atoms with E-state index in [0.29, 0.717) is 48.9 Å². The first-order valence-electron chi connectivity index (χ1n) is 13.2. The standard InChI is InChI=1S/C28H38N8O3/c1-17(2)24-25(29-10-8-20-9-11-31-34(20)7)30-15-21(33-24)26(37)36-13-12-35(16-28(36,5)6)22-14-18(3)23(27(38)39)19(4)32-22/h9,11,14-15,17H,8,10,12-13,16H2,1-7H3,(H,29,30)(H,38,39). The van der Waals surface area contributed by atoms with Gasteiger partial charge in [0, 0.05) is 51.5 Å². The third-order valence-corrected chi connectivity index (χ3v) is 7.23. The van der Waals surface area contributed by atoms with Crippen LogP contribution in [-0.2, 0) is 13.5 Å². The molecule has 0 unspecified atom stereocenters. The number of nitrogens with one attached hydrogen (secondary N) is 1. The van der Waals surface area contributed by atoms with Crippen molar-refractivity contribution in [3.8, 4) is 0 Å². The van der Waals surface area contributed by atoms with Crippen molar-refractivity contribution >= 4 is 23.5 Å². The molecule has 1 aliphatic heterocycles. The summed E-state index contributed by atoms with van der Waals surface area (Å²) in [6, 6.07) is 3.80. The van der Waals surface area contributed by atoms with Gasteiger partial charge < -0.3 is 20.2 Å². The molecule has 0 radical (unpaired) electrons. The second-order valence-corrected chi connectivity index (χ2v) is 11.0. The normalized spacial score (nSPS) is 15.1. The molecule has 4 rings (SSSR count). The molecular formula is C28H38N8O3. The second kappa shape index (κ2) is 11.0. The molecule has 11 heteroatoms. The number of carboxylic acid groups (broad SMARTS) is 1. The van der Waals surface area contributed by atoms with Crippen LogP contribution in [-0.4, -0.2) is 78.3 Å². The third kappa shape index (κ3) is 5.86. The van der Waals surface area contributed by atoms with Crippen molar-refractivity contribution in [1.82, 2.24) is 29.6 Å². The van der Waals surface area contributed by atoms with E-state index in [0.717, 1.165) is 23.6 Å². The van der Waals surface area contributed by atoms with Crippen LogP contribution < -0.4 is 10.2 Å². The zero-order valence-electron chi connectivity index (χ0n) is 23.8. The number of pyridine rings is 1. The Hall–Kier alpha value is -4.02. The number of hydrogen-bond donors (Lipinski definition) is 2. The number of aromatic carboxylic acids is 1. The SMILES string of the molecule is Cc1cc(N2CCN(C(=O)c3cnc(NCCc4ccnn4C)c(C(C)C)n3)C(C)(C)C2)nc(C)c1C(=O)O. The fourth-order valence-electron chi connectivity index (χ4n) is 5.16. The number of hydrogen-bond acceptors (Lipinski definition) is 8. The molecule has 11 nitrogen and oxygen atoms in total. The van der Waals surface area contributed by atoms with Crippen LogP contribution in [0.15, 0.2) is 24.5 Å². The van der Waals surface area contributed by atoms with Crippen molar-refractivity contribution < 1.29 is 14.7 Å². The summed E-state index contributed by atoms with van der Waals surface area (Å²) in [6.07, 6.45) is 4.13. The average molecular weight is 535 g/mol. The van der Waals surface area contributed by atoms with E-state index in [4.69, 9.17) is 4.98 Å². The summed E-state index contributed by atoms with van der Waals surface area (Å²) < 4.78 is 1.85. The van der Waals surface area contributed by atoms with Crippen LogP contribution >= 0.6 is 0 Å². The maximum absolute atomic E-state index is 13.7. The number of aromatic nitrogens is 5. The molecule has 0 aliphatic carbocycles. The number of piperazine rings is 1. The molecule has 1 fully saturated rings. The zero-order chi connectivity index (χ0) is 28.5. The number of rotatable bonds is 8. The highest BCUT2D eigenvalue weighted by Crippen LogP contribution is 2.29. The molecule has 4 heterocycles. The van der Waals surface area contributed by atoms with E-state index in [9.17, 15) is 14.7 Å². The fourth-order valence-corrected chi connectivity index (χ4v) is 5.16. The van der Waals surface area contributed by atoms with Gasteiger partial charge in [0.15, 0.2) is 0 Å². The highest BCUT2D eigenvalue weighted by Gasteiger charge is 2.38. The first kappa shape index (κ1) is 28.0. The quantitative estimate of drug-likeness (QED) is 0.446. The zero-order valence-corrected chi connectivity index (χ0v) is 23.8. The van der Waals surface area contributed by atoms with Gasteiger partial charge in [-0.05, 0) is 51.3 Å². The molecule has 1 aliphatic rings. The van der Waals surface area contributed by atoms with Crippen LogP contribution in [0.25, 0.3) is 0 Å². The van der Waals surface area contributed by atoms with E-state index in [1.807, 2.05) is 56.5 Å². The highest BCUT2D eigenvalue weighted by molar-refractivity contribution is 5.93. The molecule has 0 aromatic carbocycles. The Bertz CT molecular complexity index is 1360. The Morgan fingerprint density at radius 3 is 2.51 bits per heavy atom. The Morgan fingerprint density at radius 1 is 1.18 bits per heavy atom. The van der Waals surface area contributed by atoms with Gasteiger partial charge in [-0.2, -0.15) is 5.10 Å². The monoisotopic (exact) mass is 534 g/mol. The number of carbonyl (C=O) groups is 2. The minimum absolute atomic E-state index is 0.0839. The van der Waals surface area contributed by atoms with Crippen molar-refractivity contribution in [1.29, 1.82) is 0 Å². The summed E-state index contributed by atoms with van der Waals surface area (Å²) in [4.78, 5) is 43.1. The van der Waals surface area contributed by atoms with Crippen molar-refractivity contribution in [3.63, 3.8) is 0 Å². The molecule has 3 aromatic heterocycles. The molecule has 0 spiro atoms. The lowest BCUT2D eigenvalue weighted by atomic mass is 9.97. The van der Waals surface area contributed by atoms with Gasteiger partial charge in [0.05, 0.1) is 28.7 Å². The van der Waals surface area contributed by atoms with Crippen LogP contribution in [0.2, 0.25) is 0 Å². The maximum Gasteiger partial charge on any atom is 0.337 e. The number of carboxylic acids is 1. The molecule has 2 N–H and O–H groups in total. The summed E-state index contributed by atoms with van der Waals surface area (Å²) in [5, 5.41) is 17.1. The average Bonchev–Trinajstić information content (AvgIpc) is 3.26. The predicted octanol–water partition coefficient (Wildman–Crippen LogP) is 3.44. The van der Waals surface area contributed by atoms with Crippen molar-refractivity contribution in [2.24, 2.45) is 7.05 Å². The molecule has 1 amide bonds. The summed E-state index contributed by atoms with van der Waals surface area (Å²) in [5.74, 6) is 0.363. The van der Waals surface area contributed by atoms with E-state index in [2.05, 4.69) is 25.3 Å². The van der Waals surface area contributed by atoms with Gasteiger partial charge in [0.25, 0.3) is 5.91 Å². The van der Waals surface area contributed by atoms with Crippen molar-refractivity contribution in [2.75, 3.05) is 36.4 Å². The van der Waals surface area contributed by atoms with Crippen LogP contribution in [0.3, 0.4) is 0 Å². The smallest absolute Gasteiger partial charge is 0.337 e. The van der Waals surface area contributed by atoms with Crippen LogP contribution in [0, 0.1) is 13.8 Å². The van der Waals surface area contributed by atoms with Crippen molar-refractivity contribution in [2.45, 2.75) is 59.4 Å². The third-order valence-electron chi connectivity index (χ3n) is 7.23. The lowest BCUT2D eigenvalue weighted by molar-refractivity contribution is 0.0506. The van der Waals surface area contributed by atoms with E-state index < -0.39 is 11.5 Å². The van der Waals surface area contributed by atoms with Crippen LogP contribution in [0.1, 0.15) is 77.1 Å². The second-order valence-electron chi connectivity index (χ2n) is 11.0. The van der Waals surface area contributed by atoms with Gasteiger partial charge >= 0.3 is 5.97 Å². The van der Waals surface area contributed by atoms with Gasteiger partial charge in [-0.15, -0.1) is 0 Å². The number of nitrogens with zero attached hydrogens (tertiary/aromatic N) is 7. The van der Waals surface area contributed by atoms with Gasteiger partial charge in [-0.25, -0.2) is 19.7 Å². The first-order chi connectivity index (χ1) is 18.4. The van der Waals surface area contributed by atoms with Crippen LogP contribution in [0.5, 0.6) is 0 Å². The minimum atomic E-state index is -0.976. The minimum Gasteiger partial charge on any atom is -0.478 e. The number of anilines is 2. The maximum atomic E-state index is 13.7. The topological polar surface area (TPSA) is 129 Å². The number of amides is 1. The summed E-state index contributed by atoms with van der Waals surface area (Å²) >= 11 is 0. The molecule has 3 aromatic rings. The van der Waals surface area contributed by atoms with E-state index in [-0.39, 0.29) is 17.4 Å². The van der Waals surface area contributed by atoms with E-state index in [1.54, 1.807) is 26.2 Å². The molecule has 39 heavy (non-hydrogen) atoms. The number of carbonyl (C=O) groups excluding carboxylic acids is 1. The summed E-state index contributed by atoms with van der Waals surface area (Å²) in [6.45, 7) is 13.9. The van der Waals surface area contributed by atoms with Crippen molar-refractivity contribution in [3.05, 3.63) is 58.4 Å². The van der Waals surface area contributed by atoms with E-state index >= 15 is 0 Å². The molecule has 208 valence electrons. The molecule has 0 bridgehead atoms. The lowest BCUT2D eigenvalue weighted by Gasteiger charge is -2.47. The van der Waals surface area contributed by atoms with Gasteiger partial charge in [-0.1, -0.05) is 13.8 Å². The Labute approximate surface area is 229 Å². The largest absolute Gasteiger partial charge is 0.478 e. The lowest BCUT2D eigenvalue weighted by Crippen LogP contribution is -2.61. The van der Waals surface area contributed by atoms with Gasteiger partial charge in [0.1, 0.15) is 17.3 Å². The first-order valence-corrected chi connectivity index (χ1v) is 13.2. The number of aryl methyl sites for hydroxylation is 3. The summed E-state index contributed by atoms with van der Waals surface area (Å²) in [7, 11) is 1.92. The molecule has 0 saturated carbocycles. The van der Waals surface area contributed by atoms with Crippen LogP contribution in [0.4, 0.5) is 11.6 Å².